The normalized spacial score (nSPS) is 24.6. The molecule has 1 aromatic rings. The van der Waals surface area contributed by atoms with Crippen molar-refractivity contribution in [1.82, 2.24) is 16.0 Å². The van der Waals surface area contributed by atoms with E-state index in [1.165, 1.54) is 6.07 Å². The van der Waals surface area contributed by atoms with E-state index in [1.807, 2.05) is 0 Å². The molecule has 4 atom stereocenters. The Labute approximate surface area is 177 Å². The molecular formula is C21H25F4N3O3. The van der Waals surface area contributed by atoms with Crippen LogP contribution in [0.25, 0.3) is 0 Å². The number of carbonyl (C=O) groups excluding carboxylic acids is 2. The molecule has 3 unspecified atom stereocenters. The SMILES string of the molecule is CC1=C(CC(=O)N[C@@H](C)c2ccc(F)cc2F)C(=O)NC2CCNC(OCC(F)F)C12. The Kier molecular flexibility index (Phi) is 7.32. The van der Waals surface area contributed by atoms with Crippen LogP contribution in [0.1, 0.15) is 38.3 Å². The molecule has 0 aliphatic carbocycles. The Bertz CT molecular complexity index is 877. The fraction of sp³-hybridized carbons (Fsp3) is 0.524. The molecule has 31 heavy (non-hydrogen) atoms. The Hall–Kier alpha value is -2.46. The minimum atomic E-state index is -2.62. The minimum Gasteiger partial charge on any atom is -0.357 e. The molecule has 2 aliphatic heterocycles. The average molecular weight is 443 g/mol. The molecule has 170 valence electrons. The van der Waals surface area contributed by atoms with E-state index in [9.17, 15) is 27.2 Å². The lowest BCUT2D eigenvalue weighted by atomic mass is 9.79. The first-order valence-corrected chi connectivity index (χ1v) is 10.0. The summed E-state index contributed by atoms with van der Waals surface area (Å²) in [6.45, 7) is 3.00. The fourth-order valence-corrected chi connectivity index (χ4v) is 4.17. The summed E-state index contributed by atoms with van der Waals surface area (Å²) in [5, 5.41) is 8.49. The van der Waals surface area contributed by atoms with Gasteiger partial charge in [-0.3, -0.25) is 14.9 Å². The van der Waals surface area contributed by atoms with Gasteiger partial charge in [-0.2, -0.15) is 0 Å². The monoisotopic (exact) mass is 443 g/mol. The summed E-state index contributed by atoms with van der Waals surface area (Å²) < 4.78 is 57.5. The molecule has 1 saturated heterocycles. The van der Waals surface area contributed by atoms with Crippen molar-refractivity contribution >= 4 is 11.8 Å². The second kappa shape index (κ2) is 9.78. The molecule has 6 nitrogen and oxygen atoms in total. The first kappa shape index (κ1) is 23.2. The number of piperidine rings is 1. The van der Waals surface area contributed by atoms with Crippen LogP contribution in [0, 0.1) is 17.6 Å². The highest BCUT2D eigenvalue weighted by Gasteiger charge is 2.41. The summed E-state index contributed by atoms with van der Waals surface area (Å²) in [5.41, 5.74) is 0.932. The number of nitrogens with one attached hydrogen (secondary N) is 3. The van der Waals surface area contributed by atoms with Crippen LogP contribution in [0.3, 0.4) is 0 Å². The van der Waals surface area contributed by atoms with Crippen molar-refractivity contribution in [2.75, 3.05) is 13.2 Å². The van der Waals surface area contributed by atoms with Crippen molar-refractivity contribution in [2.45, 2.75) is 51.4 Å². The van der Waals surface area contributed by atoms with Crippen LogP contribution >= 0.6 is 0 Å². The van der Waals surface area contributed by atoms with E-state index in [1.54, 1.807) is 13.8 Å². The molecule has 0 bridgehead atoms. The largest absolute Gasteiger partial charge is 0.357 e. The summed E-state index contributed by atoms with van der Waals surface area (Å²) in [6.07, 6.45) is -3.00. The van der Waals surface area contributed by atoms with E-state index in [0.717, 1.165) is 12.1 Å². The number of hydrogen-bond acceptors (Lipinski definition) is 4. The van der Waals surface area contributed by atoms with Crippen molar-refractivity contribution in [1.29, 1.82) is 0 Å². The van der Waals surface area contributed by atoms with E-state index >= 15 is 0 Å². The fourth-order valence-electron chi connectivity index (χ4n) is 4.17. The van der Waals surface area contributed by atoms with Crippen LogP contribution in [0.4, 0.5) is 17.6 Å². The second-order valence-electron chi connectivity index (χ2n) is 7.79. The maximum Gasteiger partial charge on any atom is 0.261 e. The van der Waals surface area contributed by atoms with Gasteiger partial charge in [0.05, 0.1) is 12.5 Å². The third kappa shape index (κ3) is 5.43. The number of benzene rings is 1. The van der Waals surface area contributed by atoms with Crippen molar-refractivity contribution in [3.63, 3.8) is 0 Å². The van der Waals surface area contributed by atoms with Gasteiger partial charge in [0.15, 0.2) is 0 Å². The molecule has 2 aliphatic rings. The maximum atomic E-state index is 14.0. The number of fused-ring (bicyclic) bond motifs is 1. The molecule has 0 aromatic heterocycles. The predicted octanol–water partition coefficient (Wildman–Crippen LogP) is 2.56. The first-order chi connectivity index (χ1) is 14.7. The van der Waals surface area contributed by atoms with E-state index in [-0.39, 0.29) is 29.5 Å². The highest BCUT2D eigenvalue weighted by molar-refractivity contribution is 6.00. The van der Waals surface area contributed by atoms with Gasteiger partial charge in [0, 0.05) is 29.2 Å². The Balaban J connectivity index is 1.73. The second-order valence-corrected chi connectivity index (χ2v) is 7.79. The number of ether oxygens (including phenoxy) is 1. The quantitative estimate of drug-likeness (QED) is 0.566. The minimum absolute atomic E-state index is 0.116. The molecule has 10 heteroatoms. The van der Waals surface area contributed by atoms with Crippen molar-refractivity contribution in [3.05, 3.63) is 46.5 Å². The number of rotatable bonds is 7. The Morgan fingerprint density at radius 1 is 1.32 bits per heavy atom. The standard InChI is InChI=1S/C21H25F4N3O3/c1-10-14(8-18(29)27-11(2)13-4-3-12(22)7-15(13)23)20(30)28-16-5-6-26-21(19(10)16)31-9-17(24)25/h3-4,7,11,16-17,19,21,26H,5-6,8-9H2,1-2H3,(H,27,29)(H,28,30)/t11-,16?,19?,21?/m0/s1. The van der Waals surface area contributed by atoms with Gasteiger partial charge < -0.3 is 15.4 Å². The molecule has 0 spiro atoms. The highest BCUT2D eigenvalue weighted by atomic mass is 19.3. The van der Waals surface area contributed by atoms with E-state index in [2.05, 4.69) is 16.0 Å². The van der Waals surface area contributed by atoms with Gasteiger partial charge in [-0.15, -0.1) is 0 Å². The van der Waals surface area contributed by atoms with E-state index in [4.69, 9.17) is 4.74 Å². The number of amides is 2. The van der Waals surface area contributed by atoms with Crippen molar-refractivity contribution in [2.24, 2.45) is 5.92 Å². The zero-order valence-electron chi connectivity index (χ0n) is 17.2. The molecule has 2 heterocycles. The third-order valence-electron chi connectivity index (χ3n) is 5.67. The zero-order chi connectivity index (χ0) is 22.7. The number of halogens is 4. The number of alkyl halides is 2. The number of hydrogen-bond donors (Lipinski definition) is 3. The third-order valence-corrected chi connectivity index (χ3v) is 5.67. The Morgan fingerprint density at radius 2 is 2.06 bits per heavy atom. The summed E-state index contributed by atoms with van der Waals surface area (Å²) in [6, 6.07) is 2.05. The van der Waals surface area contributed by atoms with Gasteiger partial charge in [0.1, 0.15) is 24.5 Å². The Morgan fingerprint density at radius 3 is 2.74 bits per heavy atom. The van der Waals surface area contributed by atoms with Gasteiger partial charge in [-0.05, 0) is 32.9 Å². The van der Waals surface area contributed by atoms with E-state index in [0.29, 0.717) is 18.5 Å². The van der Waals surface area contributed by atoms with Crippen LogP contribution < -0.4 is 16.0 Å². The lowest BCUT2D eigenvalue weighted by Gasteiger charge is -2.43. The molecular weight excluding hydrogens is 418 g/mol. The summed E-state index contributed by atoms with van der Waals surface area (Å²) in [5.74, 6) is -2.82. The smallest absolute Gasteiger partial charge is 0.261 e. The van der Waals surface area contributed by atoms with Crippen molar-refractivity contribution < 1.29 is 31.9 Å². The van der Waals surface area contributed by atoms with Crippen LogP contribution in [-0.2, 0) is 14.3 Å². The molecule has 3 rings (SSSR count). The van der Waals surface area contributed by atoms with Gasteiger partial charge in [-0.25, -0.2) is 17.6 Å². The van der Waals surface area contributed by atoms with Gasteiger partial charge in [0.2, 0.25) is 11.8 Å². The molecule has 3 N–H and O–H groups in total. The zero-order valence-corrected chi connectivity index (χ0v) is 17.2. The molecule has 2 amide bonds. The van der Waals surface area contributed by atoms with Gasteiger partial charge in [0.25, 0.3) is 6.43 Å². The van der Waals surface area contributed by atoms with E-state index < -0.39 is 48.8 Å². The highest BCUT2D eigenvalue weighted by Crippen LogP contribution is 2.33. The molecule has 0 radical (unpaired) electrons. The average Bonchev–Trinajstić information content (AvgIpc) is 2.69. The summed E-state index contributed by atoms with van der Waals surface area (Å²) in [7, 11) is 0. The topological polar surface area (TPSA) is 79.5 Å². The van der Waals surface area contributed by atoms with Gasteiger partial charge in [-0.1, -0.05) is 11.6 Å². The maximum absolute atomic E-state index is 14.0. The molecule has 1 fully saturated rings. The number of carbonyl (C=O) groups is 2. The predicted molar refractivity (Wildman–Crippen MR) is 104 cm³/mol. The van der Waals surface area contributed by atoms with Crippen molar-refractivity contribution in [3.8, 4) is 0 Å². The molecule has 1 aromatic carbocycles. The van der Waals surface area contributed by atoms with Crippen LogP contribution in [0.15, 0.2) is 29.3 Å². The summed E-state index contributed by atoms with van der Waals surface area (Å²) in [4.78, 5) is 25.1. The van der Waals surface area contributed by atoms with Gasteiger partial charge >= 0.3 is 0 Å². The molecule has 0 saturated carbocycles. The van der Waals surface area contributed by atoms with Crippen LogP contribution in [0.5, 0.6) is 0 Å². The van der Waals surface area contributed by atoms with Crippen LogP contribution in [0.2, 0.25) is 0 Å². The lowest BCUT2D eigenvalue weighted by molar-refractivity contribution is -0.126. The lowest BCUT2D eigenvalue weighted by Crippen LogP contribution is -2.59. The summed E-state index contributed by atoms with van der Waals surface area (Å²) >= 11 is 0. The first-order valence-electron chi connectivity index (χ1n) is 10.0. The van der Waals surface area contributed by atoms with Crippen LogP contribution in [-0.4, -0.2) is 43.7 Å².